The molecule has 0 aliphatic heterocycles. The lowest BCUT2D eigenvalue weighted by Gasteiger charge is -2.14. The molecule has 0 bridgehead atoms. The number of fused-ring (bicyclic) bond motifs is 1. The third-order valence-electron chi connectivity index (χ3n) is 3.02. The van der Waals surface area contributed by atoms with Gasteiger partial charge < -0.3 is 10.4 Å². The summed E-state index contributed by atoms with van der Waals surface area (Å²) in [7, 11) is 0. The fraction of sp³-hybridized carbons (Fsp3) is 0.0625. The summed E-state index contributed by atoms with van der Waals surface area (Å²) in [6, 6.07) is 19.6. The van der Waals surface area contributed by atoms with E-state index >= 15 is 0 Å². The van der Waals surface area contributed by atoms with Gasteiger partial charge in [0.1, 0.15) is 0 Å². The van der Waals surface area contributed by atoms with E-state index in [1.807, 2.05) is 48.5 Å². The molecule has 94 valence electrons. The number of nitrogens with one attached hydrogen (secondary N) is 1. The molecule has 0 radical (unpaired) electrons. The Labute approximate surface area is 111 Å². The van der Waals surface area contributed by atoms with Crippen molar-refractivity contribution >= 4 is 16.5 Å². The molecule has 0 amide bonds. The van der Waals surface area contributed by atoms with Gasteiger partial charge in [-0.05, 0) is 35.0 Å². The molecule has 19 heavy (non-hydrogen) atoms. The summed E-state index contributed by atoms with van der Waals surface area (Å²) >= 11 is 0. The number of aliphatic hydroxyl groups is 1. The molecule has 0 aliphatic carbocycles. The van der Waals surface area contributed by atoms with Crippen LogP contribution in [0.25, 0.3) is 10.8 Å². The molecule has 0 saturated heterocycles. The number of aliphatic hydroxyl groups excluding tert-OH is 1. The van der Waals surface area contributed by atoms with Gasteiger partial charge >= 0.3 is 0 Å². The quantitative estimate of drug-likeness (QED) is 0.701. The zero-order chi connectivity index (χ0) is 13.1. The van der Waals surface area contributed by atoms with E-state index in [0.717, 1.165) is 11.1 Å². The van der Waals surface area contributed by atoms with E-state index in [0.29, 0.717) is 5.69 Å². The summed E-state index contributed by atoms with van der Waals surface area (Å²) in [5.74, 6) is 0. The van der Waals surface area contributed by atoms with Crippen molar-refractivity contribution in [3.05, 3.63) is 72.6 Å². The molecule has 0 saturated carbocycles. The topological polar surface area (TPSA) is 45.1 Å². The fourth-order valence-electron chi connectivity index (χ4n) is 2.05. The van der Waals surface area contributed by atoms with Crippen LogP contribution in [0.1, 0.15) is 11.9 Å². The van der Waals surface area contributed by atoms with Crippen molar-refractivity contribution in [1.29, 1.82) is 0 Å². The highest BCUT2D eigenvalue weighted by molar-refractivity contribution is 5.85. The van der Waals surface area contributed by atoms with Crippen molar-refractivity contribution in [2.75, 3.05) is 5.32 Å². The van der Waals surface area contributed by atoms with E-state index in [1.165, 1.54) is 5.39 Å². The van der Waals surface area contributed by atoms with E-state index in [-0.39, 0.29) is 0 Å². The molecule has 2 N–H and O–H groups in total. The van der Waals surface area contributed by atoms with Crippen LogP contribution in [0.15, 0.2) is 66.9 Å². The SMILES string of the molecule is OC(Nc1ccc2ccccc2c1)c1ccccn1. The van der Waals surface area contributed by atoms with Gasteiger partial charge in [0.2, 0.25) is 0 Å². The molecular formula is C16H14N2O. The Morgan fingerprint density at radius 1 is 0.895 bits per heavy atom. The first-order chi connectivity index (χ1) is 9.33. The highest BCUT2D eigenvalue weighted by Gasteiger charge is 2.07. The van der Waals surface area contributed by atoms with Crippen molar-refractivity contribution in [2.45, 2.75) is 6.23 Å². The number of hydrogen-bond acceptors (Lipinski definition) is 3. The summed E-state index contributed by atoms with van der Waals surface area (Å²) in [4.78, 5) is 4.12. The maximum absolute atomic E-state index is 10.1. The molecule has 2 aromatic carbocycles. The largest absolute Gasteiger partial charge is 0.368 e. The monoisotopic (exact) mass is 250 g/mol. The second kappa shape index (κ2) is 5.08. The molecule has 1 aromatic heterocycles. The fourth-order valence-corrected chi connectivity index (χ4v) is 2.05. The van der Waals surface area contributed by atoms with Crippen LogP contribution < -0.4 is 5.32 Å². The first kappa shape index (κ1) is 11.7. The van der Waals surface area contributed by atoms with Gasteiger partial charge in [0.25, 0.3) is 0 Å². The molecule has 0 aliphatic rings. The second-order valence-electron chi connectivity index (χ2n) is 4.36. The van der Waals surface area contributed by atoms with E-state index in [9.17, 15) is 5.11 Å². The lowest BCUT2D eigenvalue weighted by Crippen LogP contribution is -2.10. The van der Waals surface area contributed by atoms with Gasteiger partial charge in [0.15, 0.2) is 6.23 Å². The van der Waals surface area contributed by atoms with E-state index in [4.69, 9.17) is 0 Å². The van der Waals surface area contributed by atoms with Gasteiger partial charge in [-0.1, -0.05) is 36.4 Å². The van der Waals surface area contributed by atoms with Crippen molar-refractivity contribution in [1.82, 2.24) is 4.98 Å². The third kappa shape index (κ3) is 2.56. The normalized spacial score (nSPS) is 12.3. The molecule has 1 unspecified atom stereocenters. The Hall–Kier alpha value is -2.39. The Bertz CT molecular complexity index is 682. The summed E-state index contributed by atoms with van der Waals surface area (Å²) in [6.45, 7) is 0. The first-order valence-electron chi connectivity index (χ1n) is 6.17. The van der Waals surface area contributed by atoms with Gasteiger partial charge in [-0.25, -0.2) is 0 Å². The summed E-state index contributed by atoms with van der Waals surface area (Å²) in [5.41, 5.74) is 1.48. The van der Waals surface area contributed by atoms with Crippen molar-refractivity contribution in [3.8, 4) is 0 Å². The summed E-state index contributed by atoms with van der Waals surface area (Å²) < 4.78 is 0. The van der Waals surface area contributed by atoms with Crippen LogP contribution in [0.3, 0.4) is 0 Å². The summed E-state index contributed by atoms with van der Waals surface area (Å²) in [6.07, 6.45) is 0.864. The highest BCUT2D eigenvalue weighted by Crippen LogP contribution is 2.21. The average Bonchev–Trinajstić information content (AvgIpc) is 2.48. The van der Waals surface area contributed by atoms with Crippen LogP contribution in [0, 0.1) is 0 Å². The van der Waals surface area contributed by atoms with Crippen LogP contribution >= 0.6 is 0 Å². The van der Waals surface area contributed by atoms with Crippen LogP contribution in [0.2, 0.25) is 0 Å². The average molecular weight is 250 g/mol. The van der Waals surface area contributed by atoms with Crippen molar-refractivity contribution in [3.63, 3.8) is 0 Å². The number of benzene rings is 2. The van der Waals surface area contributed by atoms with E-state index < -0.39 is 6.23 Å². The minimum atomic E-state index is -0.803. The zero-order valence-electron chi connectivity index (χ0n) is 10.3. The Morgan fingerprint density at radius 2 is 1.68 bits per heavy atom. The Morgan fingerprint density at radius 3 is 2.47 bits per heavy atom. The lowest BCUT2D eigenvalue weighted by atomic mass is 10.1. The molecule has 1 heterocycles. The first-order valence-corrected chi connectivity index (χ1v) is 6.17. The summed E-state index contributed by atoms with van der Waals surface area (Å²) in [5, 5.41) is 15.4. The van der Waals surface area contributed by atoms with Gasteiger partial charge in [-0.15, -0.1) is 0 Å². The van der Waals surface area contributed by atoms with Gasteiger partial charge in [-0.2, -0.15) is 0 Å². The maximum Gasteiger partial charge on any atom is 0.168 e. The minimum absolute atomic E-state index is 0.607. The number of hydrogen-bond donors (Lipinski definition) is 2. The number of nitrogens with zero attached hydrogens (tertiary/aromatic N) is 1. The van der Waals surface area contributed by atoms with Crippen molar-refractivity contribution in [2.24, 2.45) is 0 Å². The van der Waals surface area contributed by atoms with Gasteiger partial charge in [0.05, 0.1) is 5.69 Å². The maximum atomic E-state index is 10.1. The molecule has 3 aromatic rings. The molecule has 3 rings (SSSR count). The van der Waals surface area contributed by atoms with Crippen LogP contribution in [-0.2, 0) is 0 Å². The number of rotatable bonds is 3. The smallest absolute Gasteiger partial charge is 0.168 e. The zero-order valence-corrected chi connectivity index (χ0v) is 10.3. The number of aromatic nitrogens is 1. The highest BCUT2D eigenvalue weighted by atomic mass is 16.3. The molecule has 0 fully saturated rings. The van der Waals surface area contributed by atoms with Crippen molar-refractivity contribution < 1.29 is 5.11 Å². The standard InChI is InChI=1S/C16H14N2O/c19-16(15-7-3-4-10-17-15)18-14-9-8-12-5-1-2-6-13(12)11-14/h1-11,16,18-19H. The Balaban J connectivity index is 1.85. The number of anilines is 1. The van der Waals surface area contributed by atoms with Crippen LogP contribution in [0.4, 0.5) is 5.69 Å². The van der Waals surface area contributed by atoms with Gasteiger partial charge in [-0.3, -0.25) is 4.98 Å². The third-order valence-corrected chi connectivity index (χ3v) is 3.02. The minimum Gasteiger partial charge on any atom is -0.368 e. The molecular weight excluding hydrogens is 236 g/mol. The molecule has 3 heteroatoms. The molecule has 3 nitrogen and oxygen atoms in total. The van der Waals surface area contributed by atoms with Crippen LogP contribution in [-0.4, -0.2) is 10.1 Å². The molecule has 1 atom stereocenters. The van der Waals surface area contributed by atoms with Crippen LogP contribution in [0.5, 0.6) is 0 Å². The van der Waals surface area contributed by atoms with Gasteiger partial charge in [0, 0.05) is 11.9 Å². The molecule has 0 spiro atoms. The number of pyridine rings is 1. The van der Waals surface area contributed by atoms with E-state index in [2.05, 4.69) is 16.4 Å². The van der Waals surface area contributed by atoms with E-state index in [1.54, 1.807) is 12.3 Å². The predicted octanol–water partition coefficient (Wildman–Crippen LogP) is 3.34. The predicted molar refractivity (Wildman–Crippen MR) is 76.8 cm³/mol. The lowest BCUT2D eigenvalue weighted by molar-refractivity contribution is 0.203. The second-order valence-corrected chi connectivity index (χ2v) is 4.36. The Kier molecular flexibility index (Phi) is 3.12.